The molecule has 0 aliphatic heterocycles. The fourth-order valence-electron chi connectivity index (χ4n) is 1.64. The van der Waals surface area contributed by atoms with Crippen LogP contribution in [0.25, 0.3) is 0 Å². The van der Waals surface area contributed by atoms with E-state index in [0.29, 0.717) is 6.54 Å². The highest BCUT2D eigenvalue weighted by molar-refractivity contribution is 7.98. The normalized spacial score (nSPS) is 10.6. The number of thioether (sulfide) groups is 1. The van der Waals surface area contributed by atoms with Gasteiger partial charge in [0.15, 0.2) is 0 Å². The van der Waals surface area contributed by atoms with Gasteiger partial charge in [0.05, 0.1) is 0 Å². The van der Waals surface area contributed by atoms with Crippen molar-refractivity contribution in [2.45, 2.75) is 32.2 Å². The molecule has 0 saturated heterocycles. The van der Waals surface area contributed by atoms with Crippen molar-refractivity contribution in [1.29, 1.82) is 0 Å². The van der Waals surface area contributed by atoms with Gasteiger partial charge in [-0.15, -0.1) is 0 Å². The van der Waals surface area contributed by atoms with Crippen LogP contribution < -0.4 is 17.0 Å². The van der Waals surface area contributed by atoms with Gasteiger partial charge in [-0.05, 0) is 24.9 Å². The molecule has 5 nitrogen and oxygen atoms in total. The summed E-state index contributed by atoms with van der Waals surface area (Å²) in [7, 11) is 0. The van der Waals surface area contributed by atoms with Crippen LogP contribution in [0.3, 0.4) is 0 Å². The largest absolute Gasteiger partial charge is 0.385 e. The number of nitrogen functional groups attached to an aromatic ring is 1. The highest BCUT2D eigenvalue weighted by atomic mass is 32.2. The summed E-state index contributed by atoms with van der Waals surface area (Å²) < 4.78 is 1.41. The molecular weight excluding hydrogens is 238 g/mol. The molecule has 0 atom stereocenters. The Kier molecular flexibility index (Phi) is 5.90. The van der Waals surface area contributed by atoms with E-state index in [9.17, 15) is 9.59 Å². The first-order chi connectivity index (χ1) is 8.15. The lowest BCUT2D eigenvalue weighted by Crippen LogP contribution is -2.31. The zero-order valence-electron chi connectivity index (χ0n) is 10.1. The number of anilines is 1. The van der Waals surface area contributed by atoms with Crippen LogP contribution in [0, 0.1) is 0 Å². The molecule has 0 radical (unpaired) electrons. The predicted molar refractivity (Wildman–Crippen MR) is 72.6 cm³/mol. The van der Waals surface area contributed by atoms with Crippen LogP contribution in [-0.2, 0) is 6.54 Å². The zero-order chi connectivity index (χ0) is 12.7. The fourth-order valence-corrected chi connectivity index (χ4v) is 2.13. The molecule has 0 fully saturated rings. The van der Waals surface area contributed by atoms with Crippen LogP contribution in [0.15, 0.2) is 15.7 Å². The number of aromatic amines is 1. The number of nitrogens with zero attached hydrogens (tertiary/aromatic N) is 1. The Morgan fingerprint density at radius 1 is 1.29 bits per heavy atom. The van der Waals surface area contributed by atoms with E-state index in [0.717, 1.165) is 12.8 Å². The number of nitrogens with one attached hydrogen (secondary N) is 1. The number of unbranched alkanes of at least 4 members (excludes halogenated alkanes) is 3. The van der Waals surface area contributed by atoms with Crippen LogP contribution in [0.5, 0.6) is 0 Å². The van der Waals surface area contributed by atoms with Crippen molar-refractivity contribution in [3.63, 3.8) is 0 Å². The fraction of sp³-hybridized carbons (Fsp3) is 0.636. The summed E-state index contributed by atoms with van der Waals surface area (Å²) in [6.07, 6.45) is 6.45. The molecule has 6 heteroatoms. The Labute approximate surface area is 104 Å². The third-order valence-electron chi connectivity index (χ3n) is 2.55. The molecule has 0 aliphatic carbocycles. The molecule has 1 aromatic rings. The van der Waals surface area contributed by atoms with Gasteiger partial charge in [0, 0.05) is 12.6 Å². The van der Waals surface area contributed by atoms with Gasteiger partial charge in [-0.1, -0.05) is 12.8 Å². The molecule has 0 aromatic carbocycles. The summed E-state index contributed by atoms with van der Waals surface area (Å²) in [5.41, 5.74) is 4.77. The number of rotatable bonds is 7. The van der Waals surface area contributed by atoms with E-state index < -0.39 is 11.2 Å². The van der Waals surface area contributed by atoms with E-state index in [1.807, 2.05) is 11.8 Å². The zero-order valence-corrected chi connectivity index (χ0v) is 10.9. The van der Waals surface area contributed by atoms with Gasteiger partial charge < -0.3 is 5.73 Å². The summed E-state index contributed by atoms with van der Waals surface area (Å²) >= 11 is 1.85. The topological polar surface area (TPSA) is 80.9 Å². The smallest absolute Gasteiger partial charge is 0.329 e. The molecule has 1 rings (SSSR count). The molecular formula is C11H19N3O2S. The lowest BCUT2D eigenvalue weighted by molar-refractivity contribution is 0.567. The van der Waals surface area contributed by atoms with Crippen LogP contribution in [-0.4, -0.2) is 21.6 Å². The number of nitrogens with two attached hydrogens (primary N) is 1. The van der Waals surface area contributed by atoms with Crippen LogP contribution in [0.4, 0.5) is 5.82 Å². The van der Waals surface area contributed by atoms with Crippen molar-refractivity contribution in [3.05, 3.63) is 26.9 Å². The first kappa shape index (κ1) is 13.9. The van der Waals surface area contributed by atoms with Crippen LogP contribution >= 0.6 is 11.8 Å². The van der Waals surface area contributed by atoms with Gasteiger partial charge >= 0.3 is 5.69 Å². The van der Waals surface area contributed by atoms with E-state index in [2.05, 4.69) is 11.2 Å². The monoisotopic (exact) mass is 257 g/mol. The number of hydrogen-bond donors (Lipinski definition) is 2. The molecule has 0 saturated carbocycles. The van der Waals surface area contributed by atoms with Gasteiger partial charge in [0.1, 0.15) is 5.82 Å². The summed E-state index contributed by atoms with van der Waals surface area (Å²) in [4.78, 5) is 24.6. The third kappa shape index (κ3) is 4.68. The van der Waals surface area contributed by atoms with Gasteiger partial charge in [-0.25, -0.2) is 4.79 Å². The van der Waals surface area contributed by atoms with Gasteiger partial charge in [-0.2, -0.15) is 11.8 Å². The molecule has 0 aliphatic rings. The molecule has 1 aromatic heterocycles. The minimum absolute atomic E-state index is 0.239. The van der Waals surface area contributed by atoms with Crippen LogP contribution in [0.2, 0.25) is 0 Å². The second kappa shape index (κ2) is 7.21. The lowest BCUT2D eigenvalue weighted by atomic mass is 10.2. The summed E-state index contributed by atoms with van der Waals surface area (Å²) in [5, 5.41) is 0. The van der Waals surface area contributed by atoms with E-state index >= 15 is 0 Å². The van der Waals surface area contributed by atoms with Crippen molar-refractivity contribution < 1.29 is 0 Å². The Balaban J connectivity index is 2.42. The molecule has 17 heavy (non-hydrogen) atoms. The highest BCUT2D eigenvalue weighted by Gasteiger charge is 2.01. The average Bonchev–Trinajstić information content (AvgIpc) is 2.26. The maximum atomic E-state index is 11.5. The molecule has 0 spiro atoms. The van der Waals surface area contributed by atoms with E-state index in [4.69, 9.17) is 5.73 Å². The van der Waals surface area contributed by atoms with E-state index in [1.165, 1.54) is 29.2 Å². The van der Waals surface area contributed by atoms with Crippen LogP contribution in [0.1, 0.15) is 25.7 Å². The Morgan fingerprint density at radius 3 is 2.65 bits per heavy atom. The molecule has 0 amide bonds. The summed E-state index contributed by atoms with van der Waals surface area (Å²) in [6.45, 7) is 0.570. The van der Waals surface area contributed by atoms with Crippen molar-refractivity contribution in [2.24, 2.45) is 0 Å². The van der Waals surface area contributed by atoms with Gasteiger partial charge in [0.25, 0.3) is 5.56 Å². The lowest BCUT2D eigenvalue weighted by Gasteiger charge is -2.07. The van der Waals surface area contributed by atoms with Crippen molar-refractivity contribution in [3.8, 4) is 0 Å². The second-order valence-electron chi connectivity index (χ2n) is 3.92. The Bertz CT molecular complexity index is 453. The van der Waals surface area contributed by atoms with E-state index in [-0.39, 0.29) is 5.82 Å². The highest BCUT2D eigenvalue weighted by Crippen LogP contribution is 2.06. The van der Waals surface area contributed by atoms with Crippen molar-refractivity contribution in [2.75, 3.05) is 17.7 Å². The third-order valence-corrected chi connectivity index (χ3v) is 3.24. The maximum Gasteiger partial charge on any atom is 0.329 e. The number of aromatic nitrogens is 2. The molecule has 1 heterocycles. The van der Waals surface area contributed by atoms with Crippen molar-refractivity contribution in [1.82, 2.24) is 9.55 Å². The molecule has 0 bridgehead atoms. The molecule has 96 valence electrons. The standard InChI is InChI=1S/C11H19N3O2S/c1-17-7-5-3-2-4-6-14-9(12)8-10(15)13-11(14)16/h8H,2-7,12H2,1H3,(H,13,15,16). The van der Waals surface area contributed by atoms with Crippen molar-refractivity contribution >= 4 is 17.6 Å². The summed E-state index contributed by atoms with van der Waals surface area (Å²) in [6, 6.07) is 1.25. The molecule has 0 unspecified atom stereocenters. The Morgan fingerprint density at radius 2 is 2.00 bits per heavy atom. The van der Waals surface area contributed by atoms with Gasteiger partial charge in [-0.3, -0.25) is 14.3 Å². The maximum absolute atomic E-state index is 11.5. The minimum atomic E-state index is -0.441. The molecule has 3 N–H and O–H groups in total. The van der Waals surface area contributed by atoms with Gasteiger partial charge in [0.2, 0.25) is 0 Å². The number of hydrogen-bond acceptors (Lipinski definition) is 4. The SMILES string of the molecule is CSCCCCCCn1c(N)cc(=O)[nH]c1=O. The first-order valence-corrected chi connectivity index (χ1v) is 7.13. The Hall–Kier alpha value is -1.17. The average molecular weight is 257 g/mol. The van der Waals surface area contributed by atoms with E-state index in [1.54, 1.807) is 0 Å². The second-order valence-corrected chi connectivity index (χ2v) is 4.91. The quantitative estimate of drug-likeness (QED) is 0.715. The first-order valence-electron chi connectivity index (χ1n) is 5.73. The predicted octanol–water partition coefficient (Wildman–Crippen LogP) is 1.04. The minimum Gasteiger partial charge on any atom is -0.385 e. The summed E-state index contributed by atoms with van der Waals surface area (Å²) in [5.74, 6) is 1.42. The number of H-pyrrole nitrogens is 1.